The summed E-state index contributed by atoms with van der Waals surface area (Å²) in [5, 5.41) is 11.2. The highest BCUT2D eigenvalue weighted by molar-refractivity contribution is 6.09. The van der Waals surface area contributed by atoms with E-state index in [0.717, 1.165) is 0 Å². The third kappa shape index (κ3) is 3.53. The number of ether oxygens (including phenoxy) is 1. The van der Waals surface area contributed by atoms with Crippen molar-refractivity contribution in [3.05, 3.63) is 53.9 Å². The molecule has 1 aromatic heterocycles. The average molecular weight is 341 g/mol. The normalized spacial score (nSPS) is 19.0. The molecule has 3 rings (SSSR count). The van der Waals surface area contributed by atoms with Crippen molar-refractivity contribution in [1.29, 1.82) is 0 Å². The number of esters is 1. The number of nitrogens with one attached hydrogen (secondary N) is 3. The van der Waals surface area contributed by atoms with Crippen molar-refractivity contribution in [2.75, 3.05) is 17.4 Å². The van der Waals surface area contributed by atoms with Crippen LogP contribution in [0.1, 0.15) is 13.3 Å². The molecule has 0 saturated carbocycles. The lowest BCUT2D eigenvalue weighted by atomic mass is 10.0. The van der Waals surface area contributed by atoms with Crippen molar-refractivity contribution in [1.82, 2.24) is 15.6 Å². The smallest absolute Gasteiger partial charge is 0.307 e. The summed E-state index contributed by atoms with van der Waals surface area (Å²) in [5.41, 5.74) is 4.90. The first-order valence-electron chi connectivity index (χ1n) is 7.80. The van der Waals surface area contributed by atoms with Crippen molar-refractivity contribution in [2.45, 2.75) is 19.4 Å². The molecule has 1 saturated heterocycles. The number of rotatable bonds is 5. The van der Waals surface area contributed by atoms with Crippen LogP contribution in [0.3, 0.4) is 0 Å². The van der Waals surface area contributed by atoms with Gasteiger partial charge in [-0.15, -0.1) is 0 Å². The van der Waals surface area contributed by atoms with Gasteiger partial charge in [-0.2, -0.15) is 5.10 Å². The predicted molar refractivity (Wildman–Crippen MR) is 92.4 cm³/mol. The highest BCUT2D eigenvalue weighted by Crippen LogP contribution is 2.27. The summed E-state index contributed by atoms with van der Waals surface area (Å²) < 4.78 is 4.75. The standard InChI is InChI=1S/C17H19N5O3/c1-11(19-14-8-9-18-20-14)16-13(10-15(23)25-2)21-22(17(16)24)12-6-4-3-5-7-12/h3-9,13,21H,10H2,1-2H3,(H2,18,19,20)/b16-11+. The number of anilines is 2. The molecule has 2 heterocycles. The Labute approximate surface area is 144 Å². The van der Waals surface area contributed by atoms with Gasteiger partial charge in [-0.3, -0.25) is 14.7 Å². The fourth-order valence-electron chi connectivity index (χ4n) is 2.73. The summed E-state index contributed by atoms with van der Waals surface area (Å²) in [7, 11) is 1.33. The molecule has 8 heteroatoms. The van der Waals surface area contributed by atoms with Gasteiger partial charge in [-0.1, -0.05) is 18.2 Å². The number of methoxy groups -OCH3 is 1. The van der Waals surface area contributed by atoms with Crippen LogP contribution in [0, 0.1) is 0 Å². The molecular formula is C17H19N5O3. The molecule has 130 valence electrons. The Hall–Kier alpha value is -3.13. The first-order valence-corrected chi connectivity index (χ1v) is 7.80. The van der Waals surface area contributed by atoms with Gasteiger partial charge in [0.05, 0.1) is 37.0 Å². The summed E-state index contributed by atoms with van der Waals surface area (Å²) >= 11 is 0. The fraction of sp³-hybridized carbons (Fsp3) is 0.235. The van der Waals surface area contributed by atoms with Crippen LogP contribution in [-0.4, -0.2) is 35.2 Å². The third-order valence-corrected chi connectivity index (χ3v) is 3.91. The van der Waals surface area contributed by atoms with E-state index in [4.69, 9.17) is 4.74 Å². The number of aromatic amines is 1. The lowest BCUT2D eigenvalue weighted by molar-refractivity contribution is -0.140. The SMILES string of the molecule is COC(=O)CC1NN(c2ccccc2)C(=O)/C1=C(\C)Nc1ccn[nH]1. The van der Waals surface area contributed by atoms with E-state index in [1.54, 1.807) is 19.2 Å². The zero-order valence-electron chi connectivity index (χ0n) is 13.9. The number of allylic oxidation sites excluding steroid dienone is 1. The maximum absolute atomic E-state index is 12.9. The van der Waals surface area contributed by atoms with E-state index in [9.17, 15) is 9.59 Å². The van der Waals surface area contributed by atoms with Crippen molar-refractivity contribution >= 4 is 23.4 Å². The first-order chi connectivity index (χ1) is 12.1. The zero-order valence-corrected chi connectivity index (χ0v) is 13.9. The number of nitrogens with zero attached hydrogens (tertiary/aromatic N) is 2. The number of carbonyl (C=O) groups is 2. The Bertz CT molecular complexity index is 786. The second kappa shape index (κ2) is 7.18. The molecule has 1 aromatic carbocycles. The number of benzene rings is 1. The van der Waals surface area contributed by atoms with Crippen molar-refractivity contribution in [2.24, 2.45) is 0 Å². The quantitative estimate of drug-likeness (QED) is 0.564. The van der Waals surface area contributed by atoms with Gasteiger partial charge >= 0.3 is 5.97 Å². The number of para-hydroxylation sites is 1. The molecule has 1 aliphatic rings. The minimum atomic E-state index is -0.490. The molecule has 25 heavy (non-hydrogen) atoms. The van der Waals surface area contributed by atoms with Crippen LogP contribution in [0.4, 0.5) is 11.5 Å². The Morgan fingerprint density at radius 3 is 2.72 bits per heavy atom. The van der Waals surface area contributed by atoms with Crippen LogP contribution in [0.15, 0.2) is 53.9 Å². The maximum atomic E-state index is 12.9. The highest BCUT2D eigenvalue weighted by Gasteiger charge is 2.38. The van der Waals surface area contributed by atoms with Crippen molar-refractivity contribution in [3.63, 3.8) is 0 Å². The summed E-state index contributed by atoms with van der Waals surface area (Å²) in [4.78, 5) is 24.7. The monoisotopic (exact) mass is 341 g/mol. The van der Waals surface area contributed by atoms with Crippen LogP contribution < -0.4 is 15.8 Å². The van der Waals surface area contributed by atoms with E-state index in [1.165, 1.54) is 12.1 Å². The highest BCUT2D eigenvalue weighted by atomic mass is 16.5. The van der Waals surface area contributed by atoms with Gasteiger partial charge in [0.15, 0.2) is 0 Å². The molecule has 0 bridgehead atoms. The van der Waals surface area contributed by atoms with E-state index < -0.39 is 12.0 Å². The molecule has 1 atom stereocenters. The summed E-state index contributed by atoms with van der Waals surface area (Å²) in [5.74, 6) is 0.0458. The molecule has 1 aliphatic heterocycles. The number of carbonyl (C=O) groups excluding carboxylic acids is 2. The Morgan fingerprint density at radius 1 is 1.32 bits per heavy atom. The second-order valence-corrected chi connectivity index (χ2v) is 5.57. The molecule has 0 spiro atoms. The maximum Gasteiger partial charge on any atom is 0.307 e. The first kappa shape index (κ1) is 16.7. The van der Waals surface area contributed by atoms with Gasteiger partial charge in [0.2, 0.25) is 0 Å². The van der Waals surface area contributed by atoms with Gasteiger partial charge in [-0.25, -0.2) is 10.4 Å². The Balaban J connectivity index is 1.93. The van der Waals surface area contributed by atoms with Crippen LogP contribution in [0.2, 0.25) is 0 Å². The van der Waals surface area contributed by atoms with Crippen LogP contribution in [-0.2, 0) is 14.3 Å². The summed E-state index contributed by atoms with van der Waals surface area (Å²) in [6.07, 6.45) is 1.65. The third-order valence-electron chi connectivity index (χ3n) is 3.91. The second-order valence-electron chi connectivity index (χ2n) is 5.57. The van der Waals surface area contributed by atoms with Crippen molar-refractivity contribution in [3.8, 4) is 0 Å². The molecule has 1 fully saturated rings. The molecule has 0 aliphatic carbocycles. The van der Waals surface area contributed by atoms with Crippen molar-refractivity contribution < 1.29 is 14.3 Å². The molecule has 1 unspecified atom stereocenters. The minimum absolute atomic E-state index is 0.0445. The number of aromatic nitrogens is 2. The Kier molecular flexibility index (Phi) is 4.80. The van der Waals surface area contributed by atoms with Gasteiger partial charge < -0.3 is 10.1 Å². The Morgan fingerprint density at radius 2 is 2.08 bits per heavy atom. The van der Waals surface area contributed by atoms with Gasteiger partial charge in [0.25, 0.3) is 5.91 Å². The van der Waals surface area contributed by atoms with E-state index in [0.29, 0.717) is 22.8 Å². The molecular weight excluding hydrogens is 322 g/mol. The summed E-state index contributed by atoms with van der Waals surface area (Å²) in [6.45, 7) is 1.79. The van der Waals surface area contributed by atoms with E-state index in [1.807, 2.05) is 30.3 Å². The lowest BCUT2D eigenvalue weighted by Crippen LogP contribution is -2.38. The lowest BCUT2D eigenvalue weighted by Gasteiger charge is -2.16. The molecule has 0 radical (unpaired) electrons. The number of amides is 1. The summed E-state index contributed by atoms with van der Waals surface area (Å²) in [6, 6.07) is 10.5. The van der Waals surface area contributed by atoms with Gasteiger partial charge in [0, 0.05) is 11.8 Å². The average Bonchev–Trinajstić information content (AvgIpc) is 3.23. The van der Waals surface area contributed by atoms with E-state index in [2.05, 4.69) is 20.9 Å². The van der Waals surface area contributed by atoms with Crippen LogP contribution in [0.25, 0.3) is 0 Å². The molecule has 1 amide bonds. The van der Waals surface area contributed by atoms with E-state index >= 15 is 0 Å². The largest absolute Gasteiger partial charge is 0.469 e. The topological polar surface area (TPSA) is 99.3 Å². The van der Waals surface area contributed by atoms with Gasteiger partial charge in [-0.05, 0) is 19.1 Å². The number of hydrogen-bond acceptors (Lipinski definition) is 6. The number of H-pyrrole nitrogens is 1. The zero-order chi connectivity index (χ0) is 17.8. The number of hydrazine groups is 1. The fourth-order valence-corrected chi connectivity index (χ4v) is 2.73. The van der Waals surface area contributed by atoms with E-state index in [-0.39, 0.29) is 12.3 Å². The van der Waals surface area contributed by atoms with Crippen LogP contribution >= 0.6 is 0 Å². The minimum Gasteiger partial charge on any atom is -0.469 e. The molecule has 3 N–H and O–H groups in total. The van der Waals surface area contributed by atoms with Gasteiger partial charge in [0.1, 0.15) is 5.82 Å². The molecule has 8 nitrogen and oxygen atoms in total. The number of hydrogen-bond donors (Lipinski definition) is 3. The molecule has 2 aromatic rings. The predicted octanol–water partition coefficient (Wildman–Crippen LogP) is 1.58. The van der Waals surface area contributed by atoms with Crippen LogP contribution in [0.5, 0.6) is 0 Å².